The zero-order valence-electron chi connectivity index (χ0n) is 11.4. The van der Waals surface area contributed by atoms with E-state index in [-0.39, 0.29) is 0 Å². The van der Waals surface area contributed by atoms with Gasteiger partial charge in [-0.05, 0) is 38.0 Å². The van der Waals surface area contributed by atoms with E-state index in [0.717, 1.165) is 34.5 Å². The molecule has 2 aliphatic carbocycles. The third-order valence-electron chi connectivity index (χ3n) is 5.06. The molecule has 102 valence electrons. The number of aryl methyl sites for hydroxylation is 2. The maximum Gasteiger partial charge on any atom is 0.158 e. The number of alkyl halides is 1. The van der Waals surface area contributed by atoms with Gasteiger partial charge in [-0.15, -0.1) is 11.6 Å². The van der Waals surface area contributed by atoms with Crippen LogP contribution in [0.2, 0.25) is 0 Å². The summed E-state index contributed by atoms with van der Waals surface area (Å²) in [4.78, 5) is 4.73. The zero-order valence-corrected chi connectivity index (χ0v) is 12.2. The Balaban J connectivity index is 1.92. The van der Waals surface area contributed by atoms with Gasteiger partial charge in [0.2, 0.25) is 0 Å². The van der Waals surface area contributed by atoms with Crippen molar-refractivity contribution in [2.24, 2.45) is 18.9 Å². The molecular weight excluding hydrogens is 260 g/mol. The zero-order chi connectivity index (χ0) is 13.1. The second-order valence-electron chi connectivity index (χ2n) is 6.16. The van der Waals surface area contributed by atoms with Crippen molar-refractivity contribution in [1.29, 1.82) is 0 Å². The van der Waals surface area contributed by atoms with Crippen LogP contribution in [0.15, 0.2) is 0 Å². The van der Waals surface area contributed by atoms with Crippen LogP contribution in [-0.4, -0.2) is 19.3 Å². The first-order chi connectivity index (χ1) is 9.19. The van der Waals surface area contributed by atoms with E-state index in [1.165, 1.54) is 25.7 Å². The first kappa shape index (κ1) is 11.8. The van der Waals surface area contributed by atoms with E-state index in [9.17, 15) is 0 Å². The van der Waals surface area contributed by atoms with Gasteiger partial charge < -0.3 is 4.57 Å². The van der Waals surface area contributed by atoms with Crippen molar-refractivity contribution in [3.05, 3.63) is 11.5 Å². The summed E-state index contributed by atoms with van der Waals surface area (Å²) in [7, 11) is 2.01. The van der Waals surface area contributed by atoms with E-state index >= 15 is 0 Å². The Morgan fingerprint density at radius 1 is 1.32 bits per heavy atom. The minimum absolute atomic E-state index is 0.488. The average Bonchev–Trinajstić information content (AvgIpc) is 3.12. The van der Waals surface area contributed by atoms with Gasteiger partial charge in [0.05, 0.1) is 11.6 Å². The van der Waals surface area contributed by atoms with Crippen LogP contribution >= 0.6 is 11.6 Å². The predicted molar refractivity (Wildman–Crippen MR) is 75.3 cm³/mol. The molecule has 2 aliphatic rings. The van der Waals surface area contributed by atoms with Crippen molar-refractivity contribution in [1.82, 2.24) is 19.3 Å². The van der Waals surface area contributed by atoms with E-state index in [1.807, 2.05) is 18.7 Å². The molecule has 0 spiro atoms. The van der Waals surface area contributed by atoms with Crippen LogP contribution < -0.4 is 0 Å². The number of rotatable bonds is 2. The van der Waals surface area contributed by atoms with Crippen LogP contribution in [-0.2, 0) is 12.9 Å². The van der Waals surface area contributed by atoms with Crippen molar-refractivity contribution in [2.75, 3.05) is 0 Å². The van der Waals surface area contributed by atoms with Crippen molar-refractivity contribution >= 4 is 22.8 Å². The molecule has 2 aromatic heterocycles. The Hall–Kier alpha value is -1.03. The number of fused-ring (bicyclic) bond motifs is 3. The van der Waals surface area contributed by atoms with Crippen LogP contribution in [0.5, 0.6) is 0 Å². The molecule has 0 aliphatic heterocycles. The maximum atomic E-state index is 6.13. The summed E-state index contributed by atoms with van der Waals surface area (Å²) in [6.45, 7) is 2.03. The number of hydrogen-bond donors (Lipinski definition) is 0. The number of nitrogens with zero attached hydrogens (tertiary/aromatic N) is 4. The lowest BCUT2D eigenvalue weighted by molar-refractivity contribution is 0.328. The Morgan fingerprint density at radius 2 is 2.16 bits per heavy atom. The Morgan fingerprint density at radius 3 is 2.79 bits per heavy atom. The van der Waals surface area contributed by atoms with E-state index in [1.54, 1.807) is 0 Å². The molecular formula is C14H19ClN4. The van der Waals surface area contributed by atoms with Gasteiger partial charge in [-0.3, -0.25) is 4.68 Å². The summed E-state index contributed by atoms with van der Waals surface area (Å²) in [6.07, 6.45) is 5.47. The van der Waals surface area contributed by atoms with Crippen molar-refractivity contribution < 1.29 is 0 Å². The number of imidazole rings is 1. The second-order valence-corrected chi connectivity index (χ2v) is 6.42. The molecule has 5 heteroatoms. The summed E-state index contributed by atoms with van der Waals surface area (Å²) >= 11 is 6.13. The molecule has 2 heterocycles. The number of aromatic nitrogens is 4. The molecule has 0 amide bonds. The molecule has 2 aromatic rings. The summed E-state index contributed by atoms with van der Waals surface area (Å²) in [5.41, 5.74) is 3.19. The lowest BCUT2D eigenvalue weighted by Crippen LogP contribution is -2.19. The highest BCUT2D eigenvalue weighted by Crippen LogP contribution is 2.51. The minimum Gasteiger partial charge on any atom is -0.308 e. The van der Waals surface area contributed by atoms with Gasteiger partial charge in [-0.25, -0.2) is 4.98 Å². The third kappa shape index (κ3) is 1.52. The van der Waals surface area contributed by atoms with Crippen molar-refractivity contribution in [2.45, 2.75) is 44.5 Å². The highest BCUT2D eigenvalue weighted by atomic mass is 35.5. The predicted octanol–water partition coefficient (Wildman–Crippen LogP) is 3.18. The topological polar surface area (TPSA) is 35.6 Å². The molecule has 3 atom stereocenters. The second kappa shape index (κ2) is 3.98. The standard InChI is InChI=1S/C14H19ClN4/c1-8-13-14(18(2)17-8)19(12(7-15)16-13)11-6-9-3-4-10(11)5-9/h9-11H,3-7H2,1-2H3. The molecule has 4 nitrogen and oxygen atoms in total. The van der Waals surface area contributed by atoms with Crippen LogP contribution in [0, 0.1) is 18.8 Å². The molecule has 2 saturated carbocycles. The molecule has 0 N–H and O–H groups in total. The number of halogens is 1. The van der Waals surface area contributed by atoms with Gasteiger partial charge in [0, 0.05) is 13.1 Å². The minimum atomic E-state index is 0.488. The van der Waals surface area contributed by atoms with E-state index in [4.69, 9.17) is 16.6 Å². The molecule has 3 unspecified atom stereocenters. The Bertz CT molecular complexity index is 641. The fourth-order valence-electron chi connectivity index (χ4n) is 4.31. The lowest BCUT2D eigenvalue weighted by atomic mass is 9.95. The summed E-state index contributed by atoms with van der Waals surface area (Å²) in [5.74, 6) is 3.25. The lowest BCUT2D eigenvalue weighted by Gasteiger charge is -2.25. The van der Waals surface area contributed by atoms with Crippen LogP contribution in [0.25, 0.3) is 11.2 Å². The monoisotopic (exact) mass is 278 g/mol. The third-order valence-corrected chi connectivity index (χ3v) is 5.30. The molecule has 0 radical (unpaired) electrons. The SMILES string of the molecule is Cc1nn(C)c2c1nc(CCl)n2C1CC2CCC1C2. The van der Waals surface area contributed by atoms with E-state index in [2.05, 4.69) is 9.67 Å². The van der Waals surface area contributed by atoms with Gasteiger partial charge in [0.1, 0.15) is 11.3 Å². The first-order valence-corrected chi connectivity index (χ1v) is 7.69. The van der Waals surface area contributed by atoms with Crippen molar-refractivity contribution in [3.8, 4) is 0 Å². The summed E-state index contributed by atoms with van der Waals surface area (Å²) < 4.78 is 4.37. The van der Waals surface area contributed by atoms with Gasteiger partial charge in [-0.1, -0.05) is 6.42 Å². The summed E-state index contributed by atoms with van der Waals surface area (Å²) in [5, 5.41) is 4.51. The fourth-order valence-corrected chi connectivity index (χ4v) is 4.50. The smallest absolute Gasteiger partial charge is 0.158 e. The van der Waals surface area contributed by atoms with E-state index < -0.39 is 0 Å². The highest BCUT2D eigenvalue weighted by molar-refractivity contribution is 6.16. The fraction of sp³-hybridized carbons (Fsp3) is 0.714. The first-order valence-electron chi connectivity index (χ1n) is 7.15. The van der Waals surface area contributed by atoms with E-state index in [0.29, 0.717) is 11.9 Å². The largest absolute Gasteiger partial charge is 0.308 e. The van der Waals surface area contributed by atoms with Gasteiger partial charge in [0.25, 0.3) is 0 Å². The molecule has 2 fully saturated rings. The maximum absolute atomic E-state index is 6.13. The van der Waals surface area contributed by atoms with Crippen molar-refractivity contribution in [3.63, 3.8) is 0 Å². The van der Waals surface area contributed by atoms with Gasteiger partial charge in [-0.2, -0.15) is 5.10 Å². The Labute approximate surface area is 117 Å². The molecule has 4 rings (SSSR count). The molecule has 19 heavy (non-hydrogen) atoms. The normalized spacial score (nSPS) is 29.7. The molecule has 0 aromatic carbocycles. The molecule has 0 saturated heterocycles. The van der Waals surface area contributed by atoms with Crippen LogP contribution in [0.3, 0.4) is 0 Å². The average molecular weight is 279 g/mol. The number of hydrogen-bond acceptors (Lipinski definition) is 2. The van der Waals surface area contributed by atoms with Gasteiger partial charge in [0.15, 0.2) is 5.65 Å². The van der Waals surface area contributed by atoms with Crippen LogP contribution in [0.4, 0.5) is 0 Å². The summed E-state index contributed by atoms with van der Waals surface area (Å²) in [6, 6.07) is 0.590. The van der Waals surface area contributed by atoms with Crippen LogP contribution in [0.1, 0.15) is 43.2 Å². The quantitative estimate of drug-likeness (QED) is 0.791. The Kier molecular flexibility index (Phi) is 2.47. The van der Waals surface area contributed by atoms with Gasteiger partial charge >= 0.3 is 0 Å². The highest BCUT2D eigenvalue weighted by Gasteiger charge is 2.42. The molecule has 2 bridgehead atoms.